The Kier molecular flexibility index (Phi) is 5.08. The van der Waals surface area contributed by atoms with Crippen molar-refractivity contribution >= 4 is 29.2 Å². The van der Waals surface area contributed by atoms with Crippen LogP contribution < -0.4 is 5.32 Å². The Morgan fingerprint density at radius 2 is 2.04 bits per heavy atom. The molecule has 0 saturated carbocycles. The van der Waals surface area contributed by atoms with Crippen LogP contribution in [-0.4, -0.2) is 65.5 Å². The number of nitrogens with one attached hydrogen (secondary N) is 1. The molecule has 2 fully saturated rings. The number of carbonyl (C=O) groups excluding carboxylic acids is 1. The van der Waals surface area contributed by atoms with E-state index in [1.54, 1.807) is 6.07 Å². The number of halogens is 1. The quantitative estimate of drug-likeness (QED) is 0.869. The maximum Gasteiger partial charge on any atom is 0.337 e. The second-order valence-corrected chi connectivity index (χ2v) is 7.03. The Morgan fingerprint density at radius 1 is 1.29 bits per heavy atom. The van der Waals surface area contributed by atoms with E-state index in [-0.39, 0.29) is 16.5 Å². The van der Waals surface area contributed by atoms with E-state index in [4.69, 9.17) is 16.7 Å². The fraction of sp³-hybridized carbons (Fsp3) is 0.529. The van der Waals surface area contributed by atoms with Gasteiger partial charge in [0.1, 0.15) is 0 Å². The molecule has 130 valence electrons. The average molecular weight is 352 g/mol. The third-order valence-electron chi connectivity index (χ3n) is 5.08. The highest BCUT2D eigenvalue weighted by Crippen LogP contribution is 2.28. The number of benzene rings is 1. The van der Waals surface area contributed by atoms with Gasteiger partial charge in [-0.15, -0.1) is 0 Å². The standard InChI is InChI=1S/C17H22ClN3O3/c1-20-12-3-4-13(20)9-21(7-6-12)10-16(22)19-11-2-5-15(18)14(8-11)17(23)24/h2,5,8,12-13H,3-4,6-7,9-10H2,1H3,(H,19,22)(H,23,24)/t12-,13+/m1/s1. The predicted octanol–water partition coefficient (Wildman–Crippen LogP) is 2.15. The maximum atomic E-state index is 12.3. The van der Waals surface area contributed by atoms with E-state index in [1.807, 2.05) is 0 Å². The van der Waals surface area contributed by atoms with E-state index in [1.165, 1.54) is 25.0 Å². The Hall–Kier alpha value is -1.63. The molecule has 2 aliphatic rings. The molecule has 6 nitrogen and oxygen atoms in total. The molecule has 0 unspecified atom stereocenters. The first-order valence-electron chi connectivity index (χ1n) is 8.21. The monoisotopic (exact) mass is 351 g/mol. The van der Waals surface area contributed by atoms with Crippen LogP contribution in [0.1, 0.15) is 29.6 Å². The normalized spacial score (nSPS) is 24.6. The molecule has 2 aliphatic heterocycles. The molecule has 2 heterocycles. The molecule has 2 bridgehead atoms. The zero-order chi connectivity index (χ0) is 17.3. The number of anilines is 1. The van der Waals surface area contributed by atoms with Crippen LogP contribution in [0.4, 0.5) is 5.69 Å². The van der Waals surface area contributed by atoms with Crippen LogP contribution in [0, 0.1) is 0 Å². The fourth-order valence-corrected chi connectivity index (χ4v) is 3.89. The van der Waals surface area contributed by atoms with Crippen LogP contribution in [0.5, 0.6) is 0 Å². The van der Waals surface area contributed by atoms with E-state index >= 15 is 0 Å². The first-order valence-corrected chi connectivity index (χ1v) is 8.59. The summed E-state index contributed by atoms with van der Waals surface area (Å²) in [6.45, 7) is 2.14. The van der Waals surface area contributed by atoms with Crippen molar-refractivity contribution in [1.29, 1.82) is 0 Å². The van der Waals surface area contributed by atoms with Crippen LogP contribution in [0.2, 0.25) is 5.02 Å². The number of rotatable bonds is 4. The van der Waals surface area contributed by atoms with E-state index < -0.39 is 5.97 Å². The van der Waals surface area contributed by atoms with Crippen molar-refractivity contribution < 1.29 is 14.7 Å². The van der Waals surface area contributed by atoms with Crippen LogP contribution in [-0.2, 0) is 4.79 Å². The number of likely N-dealkylation sites (N-methyl/N-ethyl adjacent to an activating group) is 1. The second kappa shape index (κ2) is 7.09. The third kappa shape index (κ3) is 3.71. The number of likely N-dealkylation sites (tertiary alicyclic amines) is 1. The highest BCUT2D eigenvalue weighted by atomic mass is 35.5. The minimum Gasteiger partial charge on any atom is -0.478 e. The van der Waals surface area contributed by atoms with Gasteiger partial charge in [-0.25, -0.2) is 4.79 Å². The van der Waals surface area contributed by atoms with E-state index in [9.17, 15) is 9.59 Å². The number of carboxylic acid groups (broad SMARTS) is 1. The number of carboxylic acids is 1. The molecule has 2 atom stereocenters. The molecular weight excluding hydrogens is 330 g/mol. The smallest absolute Gasteiger partial charge is 0.337 e. The maximum absolute atomic E-state index is 12.3. The largest absolute Gasteiger partial charge is 0.478 e. The Balaban J connectivity index is 1.60. The van der Waals surface area contributed by atoms with Crippen LogP contribution in [0.25, 0.3) is 0 Å². The van der Waals surface area contributed by atoms with Gasteiger partial charge in [-0.3, -0.25) is 14.6 Å². The van der Waals surface area contributed by atoms with Crippen molar-refractivity contribution in [2.75, 3.05) is 32.0 Å². The second-order valence-electron chi connectivity index (χ2n) is 6.62. The van der Waals surface area contributed by atoms with Gasteiger partial charge in [0.2, 0.25) is 5.91 Å². The summed E-state index contributed by atoms with van der Waals surface area (Å²) in [6.07, 6.45) is 3.53. The zero-order valence-electron chi connectivity index (χ0n) is 13.7. The van der Waals surface area contributed by atoms with Gasteiger partial charge >= 0.3 is 5.97 Å². The molecule has 24 heavy (non-hydrogen) atoms. The molecule has 1 aromatic carbocycles. The fourth-order valence-electron chi connectivity index (χ4n) is 3.69. The lowest BCUT2D eigenvalue weighted by Crippen LogP contribution is -2.40. The molecule has 7 heteroatoms. The molecule has 1 amide bonds. The van der Waals surface area contributed by atoms with Gasteiger partial charge in [0, 0.05) is 30.9 Å². The van der Waals surface area contributed by atoms with Crippen LogP contribution in [0.3, 0.4) is 0 Å². The Morgan fingerprint density at radius 3 is 2.79 bits per heavy atom. The molecule has 0 radical (unpaired) electrons. The summed E-state index contributed by atoms with van der Waals surface area (Å²) in [4.78, 5) is 28.0. The van der Waals surface area contributed by atoms with E-state index in [0.717, 1.165) is 19.5 Å². The summed E-state index contributed by atoms with van der Waals surface area (Å²) in [5, 5.41) is 12.0. The summed E-state index contributed by atoms with van der Waals surface area (Å²) >= 11 is 5.84. The van der Waals surface area contributed by atoms with Crippen molar-refractivity contribution in [2.24, 2.45) is 0 Å². The van der Waals surface area contributed by atoms with Gasteiger partial charge in [0.15, 0.2) is 0 Å². The highest BCUT2D eigenvalue weighted by Gasteiger charge is 2.34. The Bertz CT molecular complexity index is 652. The Labute approximate surface area is 146 Å². The number of aromatic carboxylic acids is 1. The summed E-state index contributed by atoms with van der Waals surface area (Å²) < 4.78 is 0. The van der Waals surface area contributed by atoms with Crippen LogP contribution >= 0.6 is 11.6 Å². The third-order valence-corrected chi connectivity index (χ3v) is 5.41. The summed E-state index contributed by atoms with van der Waals surface area (Å²) in [7, 11) is 2.17. The summed E-state index contributed by atoms with van der Waals surface area (Å²) in [6, 6.07) is 5.66. The van der Waals surface area contributed by atoms with Gasteiger partial charge in [-0.2, -0.15) is 0 Å². The number of hydrogen-bond donors (Lipinski definition) is 2. The molecule has 2 saturated heterocycles. The lowest BCUT2D eigenvalue weighted by atomic mass is 10.1. The van der Waals surface area contributed by atoms with E-state index in [0.29, 0.717) is 24.3 Å². The predicted molar refractivity (Wildman–Crippen MR) is 92.7 cm³/mol. The van der Waals surface area contributed by atoms with Crippen LogP contribution in [0.15, 0.2) is 18.2 Å². The lowest BCUT2D eigenvalue weighted by Gasteiger charge is -2.25. The zero-order valence-corrected chi connectivity index (χ0v) is 14.4. The molecule has 0 spiro atoms. The lowest BCUT2D eigenvalue weighted by molar-refractivity contribution is -0.117. The van der Waals surface area contributed by atoms with E-state index in [2.05, 4.69) is 22.2 Å². The molecular formula is C17H22ClN3O3. The summed E-state index contributed by atoms with van der Waals surface area (Å²) in [5.74, 6) is -1.24. The van der Waals surface area contributed by atoms with Gasteiger partial charge < -0.3 is 10.4 Å². The topological polar surface area (TPSA) is 72.9 Å². The van der Waals surface area contributed by atoms with Gasteiger partial charge in [-0.1, -0.05) is 11.6 Å². The van der Waals surface area contributed by atoms with Crippen molar-refractivity contribution in [3.05, 3.63) is 28.8 Å². The number of carbonyl (C=O) groups is 2. The first kappa shape index (κ1) is 17.2. The van der Waals surface area contributed by atoms with Gasteiger partial charge in [0.05, 0.1) is 17.1 Å². The number of fused-ring (bicyclic) bond motifs is 2. The number of nitrogens with zero attached hydrogens (tertiary/aromatic N) is 2. The molecule has 0 aliphatic carbocycles. The van der Waals surface area contributed by atoms with Crippen molar-refractivity contribution in [3.8, 4) is 0 Å². The van der Waals surface area contributed by atoms with Crippen molar-refractivity contribution in [1.82, 2.24) is 9.80 Å². The van der Waals surface area contributed by atoms with Crippen molar-refractivity contribution in [2.45, 2.75) is 31.3 Å². The van der Waals surface area contributed by atoms with Gasteiger partial charge in [0.25, 0.3) is 0 Å². The highest BCUT2D eigenvalue weighted by molar-refractivity contribution is 6.33. The molecule has 0 aromatic heterocycles. The number of hydrogen-bond acceptors (Lipinski definition) is 4. The first-order chi connectivity index (χ1) is 11.4. The molecule has 1 aromatic rings. The SMILES string of the molecule is CN1[C@@H]2CC[C@H]1CN(CC(=O)Nc1ccc(Cl)c(C(=O)O)c1)CC2. The minimum absolute atomic E-state index is 0.0110. The summed E-state index contributed by atoms with van der Waals surface area (Å²) in [5.41, 5.74) is 0.443. The van der Waals surface area contributed by atoms with Crippen molar-refractivity contribution in [3.63, 3.8) is 0 Å². The average Bonchev–Trinajstić information content (AvgIpc) is 2.77. The number of amides is 1. The minimum atomic E-state index is -1.11. The molecule has 2 N–H and O–H groups in total. The van der Waals surface area contributed by atoms with Gasteiger partial charge in [-0.05, 0) is 44.5 Å². The molecule has 3 rings (SSSR count).